The first-order chi connectivity index (χ1) is 12.2. The van der Waals surface area contributed by atoms with Crippen LogP contribution >= 0.6 is 11.8 Å². The van der Waals surface area contributed by atoms with Gasteiger partial charge in [0, 0.05) is 21.4 Å². The molecule has 0 saturated carbocycles. The second-order valence-electron chi connectivity index (χ2n) is 6.50. The molecule has 4 rings (SSSR count). The number of benzene rings is 3. The van der Waals surface area contributed by atoms with E-state index in [0.717, 1.165) is 17.7 Å². The highest BCUT2D eigenvalue weighted by Gasteiger charge is 2.27. The summed E-state index contributed by atoms with van der Waals surface area (Å²) in [5, 5.41) is 14.3. The molecule has 2 N–H and O–H groups in total. The summed E-state index contributed by atoms with van der Waals surface area (Å²) in [4.78, 5) is 1.26. The van der Waals surface area contributed by atoms with Gasteiger partial charge < -0.3 is 10.4 Å². The molecule has 0 fully saturated rings. The molecule has 2 atom stereocenters. The van der Waals surface area contributed by atoms with Gasteiger partial charge in [0.2, 0.25) is 0 Å². The molecule has 25 heavy (non-hydrogen) atoms. The summed E-state index contributed by atoms with van der Waals surface area (Å²) >= 11 is 1.90. The van der Waals surface area contributed by atoms with Crippen LogP contribution in [0.5, 0.6) is 5.75 Å². The van der Waals surface area contributed by atoms with Gasteiger partial charge in [-0.05, 0) is 37.1 Å². The summed E-state index contributed by atoms with van der Waals surface area (Å²) < 4.78 is 0. The van der Waals surface area contributed by atoms with E-state index < -0.39 is 0 Å². The lowest BCUT2D eigenvalue weighted by atomic mass is 9.97. The van der Waals surface area contributed by atoms with Crippen molar-refractivity contribution in [1.82, 2.24) is 0 Å². The van der Waals surface area contributed by atoms with Crippen LogP contribution in [-0.4, -0.2) is 5.11 Å². The molecule has 0 amide bonds. The van der Waals surface area contributed by atoms with Crippen LogP contribution in [0.25, 0.3) is 0 Å². The average Bonchev–Trinajstić information content (AvgIpc) is 2.82. The van der Waals surface area contributed by atoms with Crippen molar-refractivity contribution in [2.45, 2.75) is 29.5 Å². The fourth-order valence-electron chi connectivity index (χ4n) is 3.32. The molecule has 2 nitrogen and oxygen atoms in total. The minimum atomic E-state index is 0.0728. The lowest BCUT2D eigenvalue weighted by molar-refractivity contribution is 0.461. The van der Waals surface area contributed by atoms with Crippen LogP contribution in [0.4, 0.5) is 5.69 Å². The van der Waals surface area contributed by atoms with Gasteiger partial charge in [-0.3, -0.25) is 0 Å². The van der Waals surface area contributed by atoms with Gasteiger partial charge in [0.1, 0.15) is 5.75 Å². The molecule has 0 saturated heterocycles. The van der Waals surface area contributed by atoms with Crippen LogP contribution in [0.15, 0.2) is 77.7 Å². The van der Waals surface area contributed by atoms with Crippen molar-refractivity contribution in [2.75, 3.05) is 5.32 Å². The summed E-state index contributed by atoms with van der Waals surface area (Å²) in [6.45, 7) is 2.12. The number of fused-ring (bicyclic) bond motifs is 1. The van der Waals surface area contributed by atoms with E-state index in [1.165, 1.54) is 16.0 Å². The molecule has 1 aliphatic heterocycles. The summed E-state index contributed by atoms with van der Waals surface area (Å²) in [6.07, 6.45) is 0.917. The second-order valence-corrected chi connectivity index (χ2v) is 7.75. The third-order valence-electron chi connectivity index (χ3n) is 4.70. The Morgan fingerprint density at radius 2 is 1.64 bits per heavy atom. The Morgan fingerprint density at radius 3 is 2.44 bits per heavy atom. The molecule has 0 bridgehead atoms. The van der Waals surface area contributed by atoms with Gasteiger partial charge >= 0.3 is 0 Å². The monoisotopic (exact) mass is 347 g/mol. The number of aromatic hydroxyl groups is 1. The molecular formula is C22H21NOS. The Morgan fingerprint density at radius 1 is 0.920 bits per heavy atom. The van der Waals surface area contributed by atoms with Crippen molar-refractivity contribution < 1.29 is 5.11 Å². The molecule has 0 radical (unpaired) electrons. The number of para-hydroxylation sites is 2. The van der Waals surface area contributed by atoms with E-state index in [-0.39, 0.29) is 6.04 Å². The summed E-state index contributed by atoms with van der Waals surface area (Å²) in [5.74, 6) is 0.354. The van der Waals surface area contributed by atoms with Gasteiger partial charge in [-0.25, -0.2) is 0 Å². The van der Waals surface area contributed by atoms with E-state index in [1.54, 1.807) is 6.07 Å². The van der Waals surface area contributed by atoms with E-state index in [2.05, 4.69) is 60.8 Å². The van der Waals surface area contributed by atoms with Gasteiger partial charge in [-0.1, -0.05) is 60.2 Å². The first-order valence-electron chi connectivity index (χ1n) is 8.57. The minimum Gasteiger partial charge on any atom is -0.508 e. The quantitative estimate of drug-likeness (QED) is 0.588. The van der Waals surface area contributed by atoms with Gasteiger partial charge in [-0.2, -0.15) is 0 Å². The van der Waals surface area contributed by atoms with E-state index in [0.29, 0.717) is 11.0 Å². The van der Waals surface area contributed by atoms with Gasteiger partial charge in [0.25, 0.3) is 0 Å². The van der Waals surface area contributed by atoms with E-state index >= 15 is 0 Å². The molecule has 1 heterocycles. The highest BCUT2D eigenvalue weighted by molar-refractivity contribution is 7.99. The van der Waals surface area contributed by atoms with E-state index in [9.17, 15) is 5.11 Å². The number of phenolic OH excluding ortho intramolecular Hbond substituents is 1. The molecule has 3 aromatic carbocycles. The molecule has 0 aromatic heterocycles. The Bertz CT molecular complexity index is 875. The fourth-order valence-corrected chi connectivity index (χ4v) is 4.62. The zero-order chi connectivity index (χ0) is 17.2. The zero-order valence-electron chi connectivity index (χ0n) is 14.1. The van der Waals surface area contributed by atoms with E-state index in [4.69, 9.17) is 0 Å². The first kappa shape index (κ1) is 16.1. The summed E-state index contributed by atoms with van der Waals surface area (Å²) in [6, 6.07) is 24.9. The Balaban J connectivity index is 1.76. The smallest absolute Gasteiger partial charge is 0.120 e. The summed E-state index contributed by atoms with van der Waals surface area (Å²) in [5.41, 5.74) is 4.69. The number of rotatable bonds is 2. The van der Waals surface area contributed by atoms with Crippen LogP contribution in [-0.2, 0) is 0 Å². The van der Waals surface area contributed by atoms with Crippen LogP contribution in [0, 0.1) is 6.92 Å². The number of hydrogen-bond acceptors (Lipinski definition) is 3. The van der Waals surface area contributed by atoms with Crippen molar-refractivity contribution in [1.29, 1.82) is 0 Å². The van der Waals surface area contributed by atoms with E-state index in [1.807, 2.05) is 30.0 Å². The standard InChI is InChI=1S/C22H21NOS/c1-15-10-12-16(13-11-15)22-14-19(17-6-2-4-8-20(17)24)23-18-7-3-5-9-21(18)25-22/h2-13,19,22-24H,14H2,1H3. The molecule has 3 aromatic rings. The van der Waals surface area contributed by atoms with Gasteiger partial charge in [0.15, 0.2) is 0 Å². The van der Waals surface area contributed by atoms with Crippen LogP contribution < -0.4 is 5.32 Å². The number of anilines is 1. The van der Waals surface area contributed by atoms with Crippen LogP contribution in [0.2, 0.25) is 0 Å². The number of hydrogen-bond donors (Lipinski definition) is 2. The maximum absolute atomic E-state index is 10.3. The number of phenols is 1. The fraction of sp³-hybridized carbons (Fsp3) is 0.182. The third kappa shape index (κ3) is 3.38. The largest absolute Gasteiger partial charge is 0.508 e. The van der Waals surface area contributed by atoms with Crippen molar-refractivity contribution in [2.24, 2.45) is 0 Å². The van der Waals surface area contributed by atoms with Crippen molar-refractivity contribution >= 4 is 17.4 Å². The second kappa shape index (κ2) is 6.85. The molecule has 0 aliphatic carbocycles. The molecule has 3 heteroatoms. The Hall–Kier alpha value is -2.39. The maximum Gasteiger partial charge on any atom is 0.120 e. The highest BCUT2D eigenvalue weighted by atomic mass is 32.2. The lowest BCUT2D eigenvalue weighted by Crippen LogP contribution is -2.12. The SMILES string of the molecule is Cc1ccc(C2CC(c3ccccc3O)Nc3ccccc3S2)cc1. The number of nitrogens with one attached hydrogen (secondary N) is 1. The van der Waals surface area contributed by atoms with Gasteiger partial charge in [-0.15, -0.1) is 11.8 Å². The molecular weight excluding hydrogens is 326 g/mol. The Labute approximate surface area is 152 Å². The zero-order valence-corrected chi connectivity index (χ0v) is 15.0. The topological polar surface area (TPSA) is 32.3 Å². The van der Waals surface area contributed by atoms with Crippen molar-refractivity contribution in [3.8, 4) is 5.75 Å². The molecule has 2 unspecified atom stereocenters. The third-order valence-corrected chi connectivity index (χ3v) is 6.06. The average molecular weight is 347 g/mol. The predicted octanol–water partition coefficient (Wildman–Crippen LogP) is 6.09. The first-order valence-corrected chi connectivity index (χ1v) is 9.45. The minimum absolute atomic E-state index is 0.0728. The highest BCUT2D eigenvalue weighted by Crippen LogP contribution is 2.48. The van der Waals surface area contributed by atoms with Crippen LogP contribution in [0.1, 0.15) is 34.4 Å². The maximum atomic E-state index is 10.3. The Kier molecular flexibility index (Phi) is 4.41. The normalized spacial score (nSPS) is 19.6. The lowest BCUT2D eigenvalue weighted by Gasteiger charge is -2.22. The molecule has 0 spiro atoms. The summed E-state index contributed by atoms with van der Waals surface area (Å²) in [7, 11) is 0. The van der Waals surface area contributed by atoms with Crippen LogP contribution in [0.3, 0.4) is 0 Å². The van der Waals surface area contributed by atoms with Crippen molar-refractivity contribution in [3.05, 3.63) is 89.5 Å². The molecule has 1 aliphatic rings. The molecule has 126 valence electrons. The van der Waals surface area contributed by atoms with Gasteiger partial charge in [0.05, 0.1) is 6.04 Å². The van der Waals surface area contributed by atoms with Crippen molar-refractivity contribution in [3.63, 3.8) is 0 Å². The number of thioether (sulfide) groups is 1. The predicted molar refractivity (Wildman–Crippen MR) is 105 cm³/mol. The number of aryl methyl sites for hydroxylation is 1.